The van der Waals surface area contributed by atoms with E-state index >= 15 is 0 Å². The molecule has 1 unspecified atom stereocenters. The van der Waals surface area contributed by atoms with Gasteiger partial charge in [0, 0.05) is 12.8 Å². The van der Waals surface area contributed by atoms with Crippen molar-refractivity contribution in [2.24, 2.45) is 5.10 Å². The summed E-state index contributed by atoms with van der Waals surface area (Å²) in [7, 11) is 5.05. The van der Waals surface area contributed by atoms with Gasteiger partial charge in [0.05, 0.1) is 43.9 Å². The number of carbonyl (C=O) groups is 1. The first kappa shape index (κ1) is 22.9. The fraction of sp³-hybridized carbons (Fsp3) is 0.391. The monoisotopic (exact) mass is 469 g/mol. The van der Waals surface area contributed by atoms with Crippen LogP contribution in [0.2, 0.25) is 0 Å². The van der Waals surface area contributed by atoms with E-state index in [1.54, 1.807) is 30.6 Å². The SMILES string of the molecule is CCc1noc(CN(C)CC(=O)N2N=C(c3cccs3)CC2c2ccc(OC)c(OC)c2)n1. The first-order chi connectivity index (χ1) is 16.0. The fourth-order valence-electron chi connectivity index (χ4n) is 3.74. The number of carbonyl (C=O) groups excluding carboxylic acids is 1. The molecule has 33 heavy (non-hydrogen) atoms. The highest BCUT2D eigenvalue weighted by atomic mass is 32.1. The Morgan fingerprint density at radius 3 is 2.76 bits per heavy atom. The van der Waals surface area contributed by atoms with Crippen LogP contribution in [0.4, 0.5) is 0 Å². The van der Waals surface area contributed by atoms with Crippen LogP contribution in [0.5, 0.6) is 11.5 Å². The summed E-state index contributed by atoms with van der Waals surface area (Å²) >= 11 is 1.61. The van der Waals surface area contributed by atoms with E-state index in [9.17, 15) is 4.79 Å². The third-order valence-electron chi connectivity index (χ3n) is 5.40. The average molecular weight is 470 g/mol. The van der Waals surface area contributed by atoms with E-state index in [0.717, 1.165) is 16.2 Å². The first-order valence-corrected chi connectivity index (χ1v) is 11.6. The molecule has 0 saturated carbocycles. The van der Waals surface area contributed by atoms with E-state index in [0.29, 0.717) is 42.6 Å². The summed E-state index contributed by atoms with van der Waals surface area (Å²) in [4.78, 5) is 20.6. The maximum Gasteiger partial charge on any atom is 0.257 e. The van der Waals surface area contributed by atoms with Crippen LogP contribution >= 0.6 is 11.3 Å². The summed E-state index contributed by atoms with van der Waals surface area (Å²) in [6, 6.07) is 9.49. The molecule has 0 N–H and O–H groups in total. The molecule has 174 valence electrons. The Morgan fingerprint density at radius 2 is 2.09 bits per heavy atom. The highest BCUT2D eigenvalue weighted by Crippen LogP contribution is 2.37. The lowest BCUT2D eigenvalue weighted by Gasteiger charge is -2.25. The highest BCUT2D eigenvalue weighted by Gasteiger charge is 2.34. The topological polar surface area (TPSA) is 93.3 Å². The van der Waals surface area contributed by atoms with Crippen LogP contribution in [0, 0.1) is 0 Å². The molecule has 3 heterocycles. The van der Waals surface area contributed by atoms with E-state index in [1.807, 2.05) is 54.6 Å². The summed E-state index contributed by atoms with van der Waals surface area (Å²) in [6.07, 6.45) is 1.32. The third kappa shape index (κ3) is 5.07. The number of benzene rings is 1. The van der Waals surface area contributed by atoms with E-state index < -0.39 is 0 Å². The quantitative estimate of drug-likeness (QED) is 0.473. The number of methoxy groups -OCH3 is 2. The van der Waals surface area contributed by atoms with Crippen molar-refractivity contribution in [1.82, 2.24) is 20.0 Å². The van der Waals surface area contributed by atoms with Gasteiger partial charge in [-0.3, -0.25) is 9.69 Å². The number of likely N-dealkylation sites (N-methyl/N-ethyl adjacent to an activating group) is 1. The Labute approximate surface area is 196 Å². The predicted octanol–water partition coefficient (Wildman–Crippen LogP) is 3.52. The zero-order valence-corrected chi connectivity index (χ0v) is 20.0. The van der Waals surface area contributed by atoms with Gasteiger partial charge >= 0.3 is 0 Å². The zero-order valence-electron chi connectivity index (χ0n) is 19.1. The molecule has 1 aromatic carbocycles. The van der Waals surface area contributed by atoms with E-state index in [1.165, 1.54) is 0 Å². The largest absolute Gasteiger partial charge is 0.493 e. The van der Waals surface area contributed by atoms with Crippen molar-refractivity contribution >= 4 is 23.0 Å². The van der Waals surface area contributed by atoms with Crippen molar-refractivity contribution in [3.05, 3.63) is 57.9 Å². The Bertz CT molecular complexity index is 1130. The molecular weight excluding hydrogens is 442 g/mol. The van der Waals surface area contributed by atoms with Gasteiger partial charge in [-0.25, -0.2) is 5.01 Å². The number of hydrazone groups is 1. The van der Waals surface area contributed by atoms with Gasteiger partial charge in [0.2, 0.25) is 5.89 Å². The lowest BCUT2D eigenvalue weighted by atomic mass is 10.0. The molecule has 1 amide bonds. The number of thiophene rings is 1. The van der Waals surface area contributed by atoms with Crippen LogP contribution in [0.25, 0.3) is 0 Å². The maximum absolute atomic E-state index is 13.3. The fourth-order valence-corrected chi connectivity index (χ4v) is 4.46. The summed E-state index contributed by atoms with van der Waals surface area (Å²) in [5, 5.41) is 12.2. The molecule has 4 rings (SSSR count). The number of aryl methyl sites for hydroxylation is 1. The molecule has 1 atom stereocenters. The minimum absolute atomic E-state index is 0.112. The zero-order chi connectivity index (χ0) is 23.4. The van der Waals surface area contributed by atoms with Crippen LogP contribution in [0.3, 0.4) is 0 Å². The highest BCUT2D eigenvalue weighted by molar-refractivity contribution is 7.12. The normalized spacial score (nSPS) is 15.7. The van der Waals surface area contributed by atoms with Gasteiger partial charge in [-0.15, -0.1) is 11.3 Å². The average Bonchev–Trinajstić information content (AvgIpc) is 3.58. The molecule has 0 aliphatic carbocycles. The van der Waals surface area contributed by atoms with Crippen LogP contribution in [0.15, 0.2) is 45.3 Å². The maximum atomic E-state index is 13.3. The summed E-state index contributed by atoms with van der Waals surface area (Å²) in [6.45, 7) is 2.51. The molecule has 3 aromatic rings. The minimum Gasteiger partial charge on any atom is -0.493 e. The van der Waals surface area contributed by atoms with Gasteiger partial charge < -0.3 is 14.0 Å². The van der Waals surface area contributed by atoms with Crippen molar-refractivity contribution in [3.63, 3.8) is 0 Å². The molecule has 0 bridgehead atoms. The molecule has 0 spiro atoms. The Hall–Kier alpha value is -3.24. The van der Waals surface area contributed by atoms with Crippen LogP contribution in [0.1, 0.15) is 41.5 Å². The minimum atomic E-state index is -0.238. The number of hydrogen-bond donors (Lipinski definition) is 0. The van der Waals surface area contributed by atoms with Gasteiger partial charge in [0.25, 0.3) is 5.91 Å². The predicted molar refractivity (Wildman–Crippen MR) is 125 cm³/mol. The summed E-state index contributed by atoms with van der Waals surface area (Å²) in [5.41, 5.74) is 1.83. The molecular formula is C23H27N5O4S. The van der Waals surface area contributed by atoms with Crippen molar-refractivity contribution in [2.45, 2.75) is 32.4 Å². The number of rotatable bonds is 9. The van der Waals surface area contributed by atoms with Gasteiger partial charge in [-0.2, -0.15) is 10.1 Å². The second kappa shape index (κ2) is 10.1. The molecule has 1 aliphatic rings. The van der Waals surface area contributed by atoms with Crippen molar-refractivity contribution in [1.29, 1.82) is 0 Å². The van der Waals surface area contributed by atoms with Crippen molar-refractivity contribution in [3.8, 4) is 11.5 Å². The number of hydrogen-bond acceptors (Lipinski definition) is 9. The standard InChI is InChI=1S/C23H27N5O4S/c1-5-21-24-22(32-26-21)13-27(2)14-23(29)28-17(12-16(25-28)20-7-6-10-33-20)15-8-9-18(30-3)19(11-15)31-4/h6-11,17H,5,12-14H2,1-4H3. The van der Waals surface area contributed by atoms with Crippen LogP contribution in [-0.4, -0.2) is 59.5 Å². The number of aromatic nitrogens is 2. The molecule has 9 nitrogen and oxygen atoms in total. The third-order valence-corrected chi connectivity index (χ3v) is 6.32. The Balaban J connectivity index is 1.55. The van der Waals surface area contributed by atoms with Gasteiger partial charge in [-0.1, -0.05) is 24.2 Å². The van der Waals surface area contributed by atoms with E-state index in [-0.39, 0.29) is 18.5 Å². The molecule has 10 heteroatoms. The van der Waals surface area contributed by atoms with Gasteiger partial charge in [-0.05, 0) is 36.2 Å². The van der Waals surface area contributed by atoms with Crippen LogP contribution < -0.4 is 9.47 Å². The first-order valence-electron chi connectivity index (χ1n) is 10.7. The number of amides is 1. The second-order valence-electron chi connectivity index (χ2n) is 7.73. The van der Waals surface area contributed by atoms with E-state index in [4.69, 9.17) is 19.1 Å². The van der Waals surface area contributed by atoms with E-state index in [2.05, 4.69) is 10.1 Å². The molecule has 0 saturated heterocycles. The summed E-state index contributed by atoms with van der Waals surface area (Å²) in [5.74, 6) is 2.29. The van der Waals surface area contributed by atoms with Gasteiger partial charge in [0.15, 0.2) is 17.3 Å². The molecule has 2 aromatic heterocycles. The Morgan fingerprint density at radius 1 is 1.27 bits per heavy atom. The second-order valence-corrected chi connectivity index (χ2v) is 8.67. The smallest absolute Gasteiger partial charge is 0.257 e. The lowest BCUT2D eigenvalue weighted by Crippen LogP contribution is -2.36. The summed E-state index contributed by atoms with van der Waals surface area (Å²) < 4.78 is 16.1. The number of ether oxygens (including phenoxy) is 2. The Kier molecular flexibility index (Phi) is 7.05. The van der Waals surface area contributed by atoms with Crippen LogP contribution in [-0.2, 0) is 17.8 Å². The van der Waals surface area contributed by atoms with Crippen molar-refractivity contribution in [2.75, 3.05) is 27.8 Å². The molecule has 0 fully saturated rings. The number of nitrogens with zero attached hydrogens (tertiary/aromatic N) is 5. The molecule has 1 aliphatic heterocycles. The molecule has 0 radical (unpaired) electrons. The lowest BCUT2D eigenvalue weighted by molar-refractivity contribution is -0.134. The van der Waals surface area contributed by atoms with Gasteiger partial charge in [0.1, 0.15) is 0 Å². The van der Waals surface area contributed by atoms with Crippen molar-refractivity contribution < 1.29 is 18.8 Å².